The van der Waals surface area contributed by atoms with E-state index in [2.05, 4.69) is 31.4 Å². The lowest BCUT2D eigenvalue weighted by Gasteiger charge is -2.27. The third kappa shape index (κ3) is 5.50. The molecular weight excluding hydrogens is 200 g/mol. The predicted octanol–water partition coefficient (Wildman–Crippen LogP) is 2.07. The lowest BCUT2D eigenvalue weighted by Crippen LogP contribution is -2.39. The van der Waals surface area contributed by atoms with Crippen molar-refractivity contribution in [2.45, 2.75) is 65.0 Å². The van der Waals surface area contributed by atoms with Crippen LogP contribution in [0.4, 0.5) is 0 Å². The summed E-state index contributed by atoms with van der Waals surface area (Å²) in [7, 11) is 0. The van der Waals surface area contributed by atoms with Crippen LogP contribution in [0.1, 0.15) is 52.9 Å². The van der Waals surface area contributed by atoms with E-state index in [-0.39, 0.29) is 5.91 Å². The molecule has 1 amide bonds. The highest BCUT2D eigenvalue weighted by Crippen LogP contribution is 2.23. The van der Waals surface area contributed by atoms with Gasteiger partial charge >= 0.3 is 0 Å². The Morgan fingerprint density at radius 2 is 1.88 bits per heavy atom. The second kappa shape index (κ2) is 6.89. The predicted molar refractivity (Wildman–Crippen MR) is 67.3 cm³/mol. The van der Waals surface area contributed by atoms with Gasteiger partial charge in [0.15, 0.2) is 0 Å². The van der Waals surface area contributed by atoms with E-state index < -0.39 is 0 Å². The van der Waals surface area contributed by atoms with Crippen molar-refractivity contribution >= 4 is 5.91 Å². The van der Waals surface area contributed by atoms with Gasteiger partial charge < -0.3 is 10.6 Å². The lowest BCUT2D eigenvalue weighted by molar-refractivity contribution is -0.122. The summed E-state index contributed by atoms with van der Waals surface area (Å²) >= 11 is 0. The van der Waals surface area contributed by atoms with E-state index in [4.69, 9.17) is 0 Å². The zero-order valence-electron chi connectivity index (χ0n) is 10.9. The van der Waals surface area contributed by atoms with Crippen LogP contribution in [0.3, 0.4) is 0 Å². The summed E-state index contributed by atoms with van der Waals surface area (Å²) in [5.41, 5.74) is 0. The van der Waals surface area contributed by atoms with Crippen LogP contribution >= 0.6 is 0 Å². The molecule has 0 spiro atoms. The zero-order chi connectivity index (χ0) is 12.0. The molecule has 0 heterocycles. The standard InChI is InChI=1S/C13H26N2O/c1-10(2)14-9-8-13(16)15-12-6-4-11(3)5-7-12/h10-12,14H,4-9H2,1-3H3,(H,15,16). The molecule has 3 nitrogen and oxygen atoms in total. The van der Waals surface area contributed by atoms with E-state index >= 15 is 0 Å². The first-order valence-electron chi connectivity index (χ1n) is 6.60. The highest BCUT2D eigenvalue weighted by atomic mass is 16.1. The molecule has 1 fully saturated rings. The molecule has 2 N–H and O–H groups in total. The minimum Gasteiger partial charge on any atom is -0.353 e. The smallest absolute Gasteiger partial charge is 0.221 e. The highest BCUT2D eigenvalue weighted by Gasteiger charge is 2.19. The van der Waals surface area contributed by atoms with E-state index in [9.17, 15) is 4.79 Å². The SMILES string of the molecule is CC1CCC(NC(=O)CCNC(C)C)CC1. The van der Waals surface area contributed by atoms with E-state index in [1.165, 1.54) is 12.8 Å². The van der Waals surface area contributed by atoms with Crippen molar-refractivity contribution in [3.8, 4) is 0 Å². The summed E-state index contributed by atoms with van der Waals surface area (Å²) in [6.45, 7) is 7.28. The molecule has 1 saturated carbocycles. The van der Waals surface area contributed by atoms with Crippen molar-refractivity contribution in [1.29, 1.82) is 0 Å². The van der Waals surface area contributed by atoms with Gasteiger partial charge in [-0.3, -0.25) is 4.79 Å². The third-order valence-electron chi connectivity index (χ3n) is 3.29. The van der Waals surface area contributed by atoms with E-state index in [1.54, 1.807) is 0 Å². The second-order valence-electron chi connectivity index (χ2n) is 5.38. The summed E-state index contributed by atoms with van der Waals surface area (Å²) in [5.74, 6) is 1.04. The van der Waals surface area contributed by atoms with Crippen molar-refractivity contribution in [2.75, 3.05) is 6.54 Å². The van der Waals surface area contributed by atoms with Gasteiger partial charge in [0.05, 0.1) is 0 Å². The monoisotopic (exact) mass is 226 g/mol. The van der Waals surface area contributed by atoms with Crippen LogP contribution < -0.4 is 10.6 Å². The first kappa shape index (κ1) is 13.5. The number of hydrogen-bond donors (Lipinski definition) is 2. The van der Waals surface area contributed by atoms with Crippen LogP contribution in [0.5, 0.6) is 0 Å². The molecule has 3 heteroatoms. The molecule has 0 aromatic carbocycles. The summed E-state index contributed by atoms with van der Waals surface area (Å²) in [6, 6.07) is 0.895. The van der Waals surface area contributed by atoms with Gasteiger partial charge in [-0.05, 0) is 31.6 Å². The summed E-state index contributed by atoms with van der Waals surface area (Å²) in [6.07, 6.45) is 5.43. The Morgan fingerprint density at radius 3 is 2.44 bits per heavy atom. The van der Waals surface area contributed by atoms with Crippen LogP contribution in [0.2, 0.25) is 0 Å². The first-order chi connectivity index (χ1) is 7.58. The van der Waals surface area contributed by atoms with Crippen LogP contribution in [0, 0.1) is 5.92 Å². The molecular formula is C13H26N2O. The van der Waals surface area contributed by atoms with Gasteiger partial charge in [0.2, 0.25) is 5.91 Å². The molecule has 1 aliphatic rings. The van der Waals surface area contributed by atoms with Crippen molar-refractivity contribution < 1.29 is 4.79 Å². The number of nitrogens with one attached hydrogen (secondary N) is 2. The third-order valence-corrected chi connectivity index (χ3v) is 3.29. The second-order valence-corrected chi connectivity index (χ2v) is 5.38. The molecule has 0 saturated heterocycles. The average molecular weight is 226 g/mol. The zero-order valence-corrected chi connectivity index (χ0v) is 10.9. The molecule has 94 valence electrons. The molecule has 0 aromatic rings. The van der Waals surface area contributed by atoms with Crippen LogP contribution in [-0.2, 0) is 4.79 Å². The van der Waals surface area contributed by atoms with Crippen LogP contribution in [0.25, 0.3) is 0 Å². The quantitative estimate of drug-likeness (QED) is 0.753. The van der Waals surface area contributed by atoms with E-state index in [0.717, 1.165) is 25.3 Å². The molecule has 0 aromatic heterocycles. The van der Waals surface area contributed by atoms with Gasteiger partial charge in [0, 0.05) is 25.0 Å². The highest BCUT2D eigenvalue weighted by molar-refractivity contribution is 5.76. The van der Waals surface area contributed by atoms with Crippen LogP contribution in [-0.4, -0.2) is 24.5 Å². The van der Waals surface area contributed by atoms with Crippen molar-refractivity contribution in [1.82, 2.24) is 10.6 Å². The summed E-state index contributed by atoms with van der Waals surface area (Å²) in [5, 5.41) is 6.39. The molecule has 0 unspecified atom stereocenters. The van der Waals surface area contributed by atoms with Crippen LogP contribution in [0.15, 0.2) is 0 Å². The normalized spacial score (nSPS) is 25.8. The summed E-state index contributed by atoms with van der Waals surface area (Å²) < 4.78 is 0. The van der Waals surface area contributed by atoms with Gasteiger partial charge in [-0.2, -0.15) is 0 Å². The topological polar surface area (TPSA) is 41.1 Å². The Kier molecular flexibility index (Phi) is 5.81. The fourth-order valence-electron chi connectivity index (χ4n) is 2.18. The minimum atomic E-state index is 0.202. The van der Waals surface area contributed by atoms with Gasteiger partial charge in [0.25, 0.3) is 0 Å². The Balaban J connectivity index is 2.09. The fraction of sp³-hybridized carbons (Fsp3) is 0.923. The maximum absolute atomic E-state index is 11.6. The van der Waals surface area contributed by atoms with Crippen molar-refractivity contribution in [2.24, 2.45) is 5.92 Å². The minimum absolute atomic E-state index is 0.202. The van der Waals surface area contributed by atoms with E-state index in [1.807, 2.05) is 0 Å². The number of hydrogen-bond acceptors (Lipinski definition) is 2. The average Bonchev–Trinajstić information content (AvgIpc) is 2.21. The Bertz CT molecular complexity index is 208. The Morgan fingerprint density at radius 1 is 1.25 bits per heavy atom. The molecule has 16 heavy (non-hydrogen) atoms. The molecule has 0 aliphatic heterocycles. The van der Waals surface area contributed by atoms with Gasteiger partial charge in [-0.1, -0.05) is 20.8 Å². The van der Waals surface area contributed by atoms with Gasteiger partial charge in [-0.25, -0.2) is 0 Å². The molecule has 1 aliphatic carbocycles. The van der Waals surface area contributed by atoms with Gasteiger partial charge in [0.1, 0.15) is 0 Å². The Hall–Kier alpha value is -0.570. The number of carbonyl (C=O) groups excluding carboxylic acids is 1. The molecule has 0 radical (unpaired) electrons. The number of amides is 1. The first-order valence-corrected chi connectivity index (χ1v) is 6.60. The number of carbonyl (C=O) groups is 1. The number of rotatable bonds is 5. The van der Waals surface area contributed by atoms with E-state index in [0.29, 0.717) is 18.5 Å². The van der Waals surface area contributed by atoms with Gasteiger partial charge in [-0.15, -0.1) is 0 Å². The van der Waals surface area contributed by atoms with Crippen molar-refractivity contribution in [3.05, 3.63) is 0 Å². The Labute approximate surface area is 99.4 Å². The maximum atomic E-state index is 11.6. The summed E-state index contributed by atoms with van der Waals surface area (Å²) in [4.78, 5) is 11.6. The van der Waals surface area contributed by atoms with Crippen molar-refractivity contribution in [3.63, 3.8) is 0 Å². The molecule has 0 bridgehead atoms. The lowest BCUT2D eigenvalue weighted by atomic mass is 9.87. The fourth-order valence-corrected chi connectivity index (χ4v) is 2.18. The molecule has 0 atom stereocenters. The molecule has 1 rings (SSSR count). The largest absolute Gasteiger partial charge is 0.353 e. The maximum Gasteiger partial charge on any atom is 0.221 e.